The number of nitrogens with zero attached hydrogens (tertiary/aromatic N) is 3. The zero-order chi connectivity index (χ0) is 19.4. The molecule has 1 unspecified atom stereocenters. The minimum absolute atomic E-state index is 0.0495. The molecule has 2 aromatic rings. The maximum absolute atomic E-state index is 14.0. The number of nitrogen functional groups attached to an aromatic ring is 1. The summed E-state index contributed by atoms with van der Waals surface area (Å²) < 4.78 is 14.0. The molecule has 10 heteroatoms. The predicted octanol–water partition coefficient (Wildman–Crippen LogP) is 3.02. The number of aromatic nitrogens is 2. The van der Waals surface area contributed by atoms with Crippen molar-refractivity contribution in [3.8, 4) is 0 Å². The second kappa shape index (κ2) is 8.58. The van der Waals surface area contributed by atoms with E-state index >= 15 is 0 Å². The molecule has 1 aliphatic rings. The molecule has 1 atom stereocenters. The molecule has 4 N–H and O–H groups in total. The zero-order valence-corrected chi connectivity index (χ0v) is 15.9. The van der Waals surface area contributed by atoms with E-state index in [0.29, 0.717) is 28.8 Å². The molecule has 0 radical (unpaired) electrons. The van der Waals surface area contributed by atoms with E-state index in [2.05, 4.69) is 20.6 Å². The minimum atomic E-state index is -0.680. The number of benzene rings is 1. The molecule has 1 amide bonds. The van der Waals surface area contributed by atoms with Gasteiger partial charge < -0.3 is 21.3 Å². The van der Waals surface area contributed by atoms with Crippen LogP contribution < -0.4 is 16.4 Å². The van der Waals surface area contributed by atoms with Crippen LogP contribution in [-0.2, 0) is 4.79 Å². The van der Waals surface area contributed by atoms with Gasteiger partial charge in [-0.1, -0.05) is 23.2 Å². The first-order valence-electron chi connectivity index (χ1n) is 8.42. The average molecular weight is 413 g/mol. The highest BCUT2D eigenvalue weighted by Gasteiger charge is 2.24. The Morgan fingerprint density at radius 2 is 2.04 bits per heavy atom. The number of piperidine rings is 1. The highest BCUT2D eigenvalue weighted by atomic mass is 35.5. The van der Waals surface area contributed by atoms with Crippen LogP contribution >= 0.6 is 23.2 Å². The van der Waals surface area contributed by atoms with Gasteiger partial charge in [0.1, 0.15) is 6.33 Å². The lowest BCUT2D eigenvalue weighted by Gasteiger charge is -2.33. The Labute approximate surface area is 166 Å². The molecule has 144 valence electrons. The fourth-order valence-electron chi connectivity index (χ4n) is 2.94. The smallest absolute Gasteiger partial charge is 0.241 e. The molecule has 2 heterocycles. The van der Waals surface area contributed by atoms with Crippen molar-refractivity contribution in [1.82, 2.24) is 14.9 Å². The van der Waals surface area contributed by atoms with Gasteiger partial charge in [-0.3, -0.25) is 4.79 Å². The number of hydrogen-bond acceptors (Lipinski definition) is 6. The van der Waals surface area contributed by atoms with E-state index in [-0.39, 0.29) is 30.1 Å². The van der Waals surface area contributed by atoms with Crippen molar-refractivity contribution in [3.05, 3.63) is 40.4 Å². The van der Waals surface area contributed by atoms with E-state index in [4.69, 9.17) is 28.9 Å². The summed E-state index contributed by atoms with van der Waals surface area (Å²) in [5, 5.41) is 7.02. The van der Waals surface area contributed by atoms with Gasteiger partial charge in [-0.2, -0.15) is 4.39 Å². The Balaban J connectivity index is 1.57. The summed E-state index contributed by atoms with van der Waals surface area (Å²) in [7, 11) is 0. The standard InChI is InChI=1S/C17H19Cl2FN6O/c18-10-4-11(19)6-13(5-10)22-7-14(27)26-3-1-2-12(8-26)25-17-15(20)16(21)23-9-24-17/h4-6,9,12,22H,1-3,7-8H2,(H3,21,23,24,25). The maximum Gasteiger partial charge on any atom is 0.241 e. The number of carbonyl (C=O) groups excluding carboxylic acids is 1. The Morgan fingerprint density at radius 3 is 2.78 bits per heavy atom. The monoisotopic (exact) mass is 412 g/mol. The van der Waals surface area contributed by atoms with E-state index in [1.807, 2.05) is 0 Å². The molecule has 0 bridgehead atoms. The lowest BCUT2D eigenvalue weighted by atomic mass is 10.1. The van der Waals surface area contributed by atoms with E-state index < -0.39 is 5.82 Å². The molecule has 1 aromatic heterocycles. The third kappa shape index (κ3) is 5.11. The zero-order valence-electron chi connectivity index (χ0n) is 14.4. The lowest BCUT2D eigenvalue weighted by molar-refractivity contribution is -0.130. The molecule has 7 nitrogen and oxygen atoms in total. The third-order valence-corrected chi connectivity index (χ3v) is 4.67. The lowest BCUT2D eigenvalue weighted by Crippen LogP contribution is -2.47. The molecule has 0 spiro atoms. The quantitative estimate of drug-likeness (QED) is 0.698. The molecular weight excluding hydrogens is 394 g/mol. The second-order valence-electron chi connectivity index (χ2n) is 6.26. The number of anilines is 3. The summed E-state index contributed by atoms with van der Waals surface area (Å²) in [6.45, 7) is 1.20. The number of hydrogen-bond donors (Lipinski definition) is 3. The minimum Gasteiger partial charge on any atom is -0.381 e. The van der Waals surface area contributed by atoms with E-state index in [0.717, 1.165) is 12.8 Å². The molecule has 27 heavy (non-hydrogen) atoms. The Bertz CT molecular complexity index is 817. The first-order valence-corrected chi connectivity index (χ1v) is 9.18. The average Bonchev–Trinajstić information content (AvgIpc) is 2.63. The molecule has 0 aliphatic carbocycles. The fourth-order valence-corrected chi connectivity index (χ4v) is 3.47. The number of rotatable bonds is 5. The summed E-state index contributed by atoms with van der Waals surface area (Å²) in [4.78, 5) is 21.7. The topological polar surface area (TPSA) is 96.2 Å². The van der Waals surface area contributed by atoms with Crippen molar-refractivity contribution in [2.24, 2.45) is 0 Å². The third-order valence-electron chi connectivity index (χ3n) is 4.24. The largest absolute Gasteiger partial charge is 0.381 e. The normalized spacial score (nSPS) is 16.9. The van der Waals surface area contributed by atoms with Gasteiger partial charge >= 0.3 is 0 Å². The highest BCUT2D eigenvalue weighted by Crippen LogP contribution is 2.23. The molecule has 1 saturated heterocycles. The summed E-state index contributed by atoms with van der Waals surface area (Å²) in [5.74, 6) is -0.908. The molecule has 1 aliphatic heterocycles. The highest BCUT2D eigenvalue weighted by molar-refractivity contribution is 6.35. The SMILES string of the molecule is Nc1ncnc(NC2CCCN(C(=O)CNc3cc(Cl)cc(Cl)c3)C2)c1F. The van der Waals surface area contributed by atoms with Crippen LogP contribution in [0.5, 0.6) is 0 Å². The van der Waals surface area contributed by atoms with Gasteiger partial charge in [-0.05, 0) is 31.0 Å². The van der Waals surface area contributed by atoms with Gasteiger partial charge in [0.15, 0.2) is 11.6 Å². The Morgan fingerprint density at radius 1 is 1.30 bits per heavy atom. The molecule has 1 aromatic carbocycles. The van der Waals surface area contributed by atoms with Gasteiger partial charge in [0.25, 0.3) is 0 Å². The predicted molar refractivity (Wildman–Crippen MR) is 105 cm³/mol. The van der Waals surface area contributed by atoms with Crippen molar-refractivity contribution in [2.75, 3.05) is 36.0 Å². The number of nitrogens with two attached hydrogens (primary N) is 1. The van der Waals surface area contributed by atoms with Crippen molar-refractivity contribution in [1.29, 1.82) is 0 Å². The van der Waals surface area contributed by atoms with E-state index in [1.165, 1.54) is 6.33 Å². The van der Waals surface area contributed by atoms with Crippen molar-refractivity contribution in [3.63, 3.8) is 0 Å². The summed E-state index contributed by atoms with van der Waals surface area (Å²) in [6.07, 6.45) is 2.80. The van der Waals surface area contributed by atoms with Crippen molar-refractivity contribution in [2.45, 2.75) is 18.9 Å². The number of amides is 1. The first-order chi connectivity index (χ1) is 12.9. The molecule has 1 fully saturated rings. The summed E-state index contributed by atoms with van der Waals surface area (Å²) in [5.41, 5.74) is 6.13. The second-order valence-corrected chi connectivity index (χ2v) is 7.13. The van der Waals surface area contributed by atoms with Crippen LogP contribution in [-0.4, -0.2) is 46.5 Å². The Hall–Kier alpha value is -2.32. The number of likely N-dealkylation sites (tertiary alicyclic amines) is 1. The van der Waals surface area contributed by atoms with Gasteiger partial charge in [0.05, 0.1) is 6.54 Å². The first kappa shape index (κ1) is 19.4. The van der Waals surface area contributed by atoms with Gasteiger partial charge in [0.2, 0.25) is 11.7 Å². The van der Waals surface area contributed by atoms with Crippen LogP contribution in [0.25, 0.3) is 0 Å². The maximum atomic E-state index is 14.0. The van der Waals surface area contributed by atoms with Gasteiger partial charge in [-0.25, -0.2) is 9.97 Å². The van der Waals surface area contributed by atoms with Gasteiger partial charge in [0, 0.05) is 34.9 Å². The van der Waals surface area contributed by atoms with Gasteiger partial charge in [-0.15, -0.1) is 0 Å². The van der Waals surface area contributed by atoms with Crippen molar-refractivity contribution < 1.29 is 9.18 Å². The van der Waals surface area contributed by atoms with Crippen LogP contribution in [0.4, 0.5) is 21.7 Å². The van der Waals surface area contributed by atoms with Crippen LogP contribution in [0, 0.1) is 5.82 Å². The van der Waals surface area contributed by atoms with Crippen LogP contribution in [0.1, 0.15) is 12.8 Å². The Kier molecular flexibility index (Phi) is 6.18. The van der Waals surface area contributed by atoms with Crippen LogP contribution in [0.2, 0.25) is 10.0 Å². The molecule has 0 saturated carbocycles. The summed E-state index contributed by atoms with van der Waals surface area (Å²) in [6, 6.07) is 4.90. The van der Waals surface area contributed by atoms with Crippen LogP contribution in [0.15, 0.2) is 24.5 Å². The number of nitrogens with one attached hydrogen (secondary N) is 2. The molecular formula is C17H19Cl2FN6O. The van der Waals surface area contributed by atoms with Crippen molar-refractivity contribution >= 4 is 46.4 Å². The summed E-state index contributed by atoms with van der Waals surface area (Å²) >= 11 is 11.9. The van der Waals surface area contributed by atoms with E-state index in [9.17, 15) is 9.18 Å². The number of halogens is 3. The number of carbonyl (C=O) groups is 1. The van der Waals surface area contributed by atoms with Crippen LogP contribution in [0.3, 0.4) is 0 Å². The fraction of sp³-hybridized carbons (Fsp3) is 0.353. The molecule has 3 rings (SSSR count). The van der Waals surface area contributed by atoms with E-state index in [1.54, 1.807) is 23.1 Å².